The molecule has 1 atom stereocenters. The van der Waals surface area contributed by atoms with Crippen LogP contribution in [-0.4, -0.2) is 68.7 Å². The summed E-state index contributed by atoms with van der Waals surface area (Å²) in [5.41, 5.74) is 3.37. The maximum absolute atomic E-state index is 14.7. The number of amides is 1. The average Bonchev–Trinajstić information content (AvgIpc) is 3.66. The minimum atomic E-state index is -4.54. The van der Waals surface area contributed by atoms with Crippen molar-refractivity contribution in [2.75, 3.05) is 20.1 Å². The van der Waals surface area contributed by atoms with Crippen LogP contribution in [0.4, 0.5) is 23.2 Å². The van der Waals surface area contributed by atoms with Gasteiger partial charge in [-0.05, 0) is 55.9 Å². The number of nitrogens with zero attached hydrogens (tertiary/aromatic N) is 5. The lowest BCUT2D eigenvalue weighted by Crippen LogP contribution is -2.39. The molecule has 0 radical (unpaired) electrons. The van der Waals surface area contributed by atoms with E-state index in [1.807, 2.05) is 25.1 Å². The number of carbonyl (C=O) groups is 1. The molecule has 5 aromatic rings. The Morgan fingerprint density at radius 3 is 2.83 bits per heavy atom. The number of benzene rings is 2. The van der Waals surface area contributed by atoms with Gasteiger partial charge in [-0.25, -0.2) is 4.39 Å². The van der Waals surface area contributed by atoms with Gasteiger partial charge in [-0.1, -0.05) is 11.2 Å². The molecule has 9 nitrogen and oxygen atoms in total. The van der Waals surface area contributed by atoms with E-state index in [0.717, 1.165) is 21.0 Å². The monoisotopic (exact) mass is 581 g/mol. The van der Waals surface area contributed by atoms with Crippen molar-refractivity contribution in [3.05, 3.63) is 65.7 Å². The number of piperidine rings is 1. The van der Waals surface area contributed by atoms with Gasteiger partial charge in [0.1, 0.15) is 6.54 Å². The van der Waals surface area contributed by atoms with Crippen LogP contribution in [0, 0.1) is 6.92 Å². The molecule has 2 N–H and O–H groups in total. The molecule has 1 aliphatic rings. The Kier molecular flexibility index (Phi) is 7.05. The number of rotatable bonds is 6. The molecule has 6 rings (SSSR count). The highest BCUT2D eigenvalue weighted by Crippen LogP contribution is 2.36. The number of H-pyrrole nitrogens is 1. The van der Waals surface area contributed by atoms with Gasteiger partial charge in [0.25, 0.3) is 5.91 Å². The van der Waals surface area contributed by atoms with Crippen molar-refractivity contribution in [3.8, 4) is 11.5 Å². The number of nitrogens with one attached hydrogen (secondary N) is 2. The zero-order valence-electron chi connectivity index (χ0n) is 22.8. The number of fused-ring (bicyclic) bond motifs is 2. The number of carbonyl (C=O) groups excluding carboxylic acids is 1. The van der Waals surface area contributed by atoms with E-state index in [9.17, 15) is 22.4 Å². The van der Waals surface area contributed by atoms with Crippen LogP contribution in [0.1, 0.15) is 28.2 Å². The van der Waals surface area contributed by atoms with Crippen molar-refractivity contribution in [2.45, 2.75) is 38.8 Å². The molecule has 0 spiro atoms. The van der Waals surface area contributed by atoms with Crippen LogP contribution < -0.4 is 5.32 Å². The Hall–Kier alpha value is -4.52. The van der Waals surface area contributed by atoms with E-state index in [4.69, 9.17) is 4.52 Å². The molecule has 1 aliphatic heterocycles. The van der Waals surface area contributed by atoms with Crippen molar-refractivity contribution in [2.24, 2.45) is 4.99 Å². The molecule has 2 aromatic carbocycles. The SMILES string of the molecule is Cc1c[nH]c2ccc(C(=O)NCc3nc(-c4cc5c(/N=C6\CCN(C)C[C@@H]6F)cccc5n4CC(F)(F)F)no3)cc12. The van der Waals surface area contributed by atoms with Gasteiger partial charge >= 0.3 is 6.18 Å². The van der Waals surface area contributed by atoms with E-state index in [1.54, 1.807) is 36.4 Å². The fourth-order valence-electron chi connectivity index (χ4n) is 5.20. The predicted molar refractivity (Wildman–Crippen MR) is 150 cm³/mol. The summed E-state index contributed by atoms with van der Waals surface area (Å²) in [6.45, 7) is 1.35. The first-order valence-electron chi connectivity index (χ1n) is 13.3. The van der Waals surface area contributed by atoms with Crippen molar-refractivity contribution in [3.63, 3.8) is 0 Å². The molecule has 42 heavy (non-hydrogen) atoms. The first-order valence-corrected chi connectivity index (χ1v) is 13.3. The Morgan fingerprint density at radius 2 is 2.05 bits per heavy atom. The maximum Gasteiger partial charge on any atom is 0.406 e. The summed E-state index contributed by atoms with van der Waals surface area (Å²) in [5, 5.41) is 7.94. The second kappa shape index (κ2) is 10.7. The first kappa shape index (κ1) is 27.6. The summed E-state index contributed by atoms with van der Waals surface area (Å²) in [5.74, 6) is -0.425. The van der Waals surface area contributed by atoms with E-state index < -0.39 is 18.9 Å². The number of hydrogen-bond donors (Lipinski definition) is 2. The van der Waals surface area contributed by atoms with Crippen molar-refractivity contribution >= 4 is 39.1 Å². The number of hydrogen-bond acceptors (Lipinski definition) is 6. The second-order valence-electron chi connectivity index (χ2n) is 10.5. The second-order valence-corrected chi connectivity index (χ2v) is 10.5. The summed E-state index contributed by atoms with van der Waals surface area (Å²) in [7, 11) is 1.82. The summed E-state index contributed by atoms with van der Waals surface area (Å²) in [6.07, 6.45) is -3.53. The highest BCUT2D eigenvalue weighted by atomic mass is 19.4. The van der Waals surface area contributed by atoms with Gasteiger partial charge in [-0.2, -0.15) is 18.2 Å². The average molecular weight is 582 g/mol. The molecule has 0 saturated carbocycles. The van der Waals surface area contributed by atoms with Gasteiger partial charge in [0.2, 0.25) is 11.7 Å². The minimum Gasteiger partial charge on any atom is -0.361 e. The van der Waals surface area contributed by atoms with Gasteiger partial charge in [0.05, 0.1) is 29.2 Å². The van der Waals surface area contributed by atoms with Crippen LogP contribution in [0.3, 0.4) is 0 Å². The Labute approximate surface area is 237 Å². The van der Waals surface area contributed by atoms with Crippen LogP contribution in [0.5, 0.6) is 0 Å². The zero-order valence-corrected chi connectivity index (χ0v) is 22.8. The molecule has 4 heterocycles. The fraction of sp³-hybridized carbons (Fsp3) is 0.310. The third-order valence-corrected chi connectivity index (χ3v) is 7.36. The number of likely N-dealkylation sites (tertiary alicyclic amines) is 1. The van der Waals surface area contributed by atoms with Crippen molar-refractivity contribution < 1.29 is 26.9 Å². The first-order chi connectivity index (χ1) is 20.1. The fourth-order valence-corrected chi connectivity index (χ4v) is 5.20. The summed E-state index contributed by atoms with van der Waals surface area (Å²) in [6, 6.07) is 11.5. The quantitative estimate of drug-likeness (QED) is 0.250. The molecular weight excluding hydrogens is 554 g/mol. The molecule has 218 valence electrons. The zero-order chi connectivity index (χ0) is 29.6. The number of aliphatic imine (C=N–C) groups is 1. The largest absolute Gasteiger partial charge is 0.406 e. The predicted octanol–water partition coefficient (Wildman–Crippen LogP) is 5.72. The topological polar surface area (TPSA) is 104 Å². The summed E-state index contributed by atoms with van der Waals surface area (Å²) in [4.78, 5) is 26.5. The number of aryl methyl sites for hydroxylation is 1. The van der Waals surface area contributed by atoms with Gasteiger partial charge < -0.3 is 24.3 Å². The van der Waals surface area contributed by atoms with Crippen LogP contribution >= 0.6 is 0 Å². The molecule has 0 unspecified atom stereocenters. The van der Waals surface area contributed by atoms with Gasteiger partial charge in [0, 0.05) is 47.6 Å². The van der Waals surface area contributed by atoms with E-state index in [1.165, 1.54) is 6.07 Å². The molecule has 1 saturated heterocycles. The van der Waals surface area contributed by atoms with E-state index >= 15 is 0 Å². The molecule has 3 aromatic heterocycles. The van der Waals surface area contributed by atoms with E-state index in [0.29, 0.717) is 35.3 Å². The van der Waals surface area contributed by atoms with Gasteiger partial charge in [-0.15, -0.1) is 0 Å². The lowest BCUT2D eigenvalue weighted by Gasteiger charge is -2.26. The Bertz CT molecular complexity index is 1820. The number of aromatic nitrogens is 4. The smallest absolute Gasteiger partial charge is 0.361 e. The van der Waals surface area contributed by atoms with E-state index in [-0.39, 0.29) is 41.9 Å². The standard InChI is InChI=1S/C29H27F4N7O2/c1-16-12-34-21-7-6-17(10-18(16)21)28(41)35-13-26-37-27(38-42-26)25-11-19-22(36-23-8-9-39(2)14-20(23)30)4-3-5-24(19)40(25)15-29(31,32)33/h3-7,10-12,20,34H,8-9,13-15H2,1-2H3,(H,35,41)/b36-23+/t20-/m0/s1. The van der Waals surface area contributed by atoms with E-state index in [2.05, 4.69) is 25.4 Å². The van der Waals surface area contributed by atoms with Crippen LogP contribution in [0.15, 0.2) is 58.2 Å². The Morgan fingerprint density at radius 1 is 1.21 bits per heavy atom. The molecule has 1 amide bonds. The number of alkyl halides is 4. The third-order valence-electron chi connectivity index (χ3n) is 7.36. The molecule has 1 fully saturated rings. The summed E-state index contributed by atoms with van der Waals surface area (Å²) >= 11 is 0. The third kappa shape index (κ3) is 5.51. The lowest BCUT2D eigenvalue weighted by atomic mass is 10.1. The molecule has 13 heteroatoms. The van der Waals surface area contributed by atoms with Crippen molar-refractivity contribution in [1.82, 2.24) is 29.9 Å². The van der Waals surface area contributed by atoms with Crippen molar-refractivity contribution in [1.29, 1.82) is 0 Å². The highest BCUT2D eigenvalue weighted by molar-refractivity contribution is 6.00. The number of aromatic amines is 1. The van der Waals surface area contributed by atoms with Crippen LogP contribution in [0.25, 0.3) is 33.3 Å². The van der Waals surface area contributed by atoms with Gasteiger partial charge in [0.15, 0.2) is 6.17 Å². The molecule has 0 bridgehead atoms. The highest BCUT2D eigenvalue weighted by Gasteiger charge is 2.31. The van der Waals surface area contributed by atoms with Crippen LogP contribution in [-0.2, 0) is 13.1 Å². The molecule has 0 aliphatic carbocycles. The lowest BCUT2D eigenvalue weighted by molar-refractivity contribution is -0.139. The summed E-state index contributed by atoms with van der Waals surface area (Å²) < 4.78 is 62.0. The normalized spacial score (nSPS) is 17.5. The number of halogens is 4. The Balaban J connectivity index is 1.29. The molecular formula is C29H27F4N7O2. The minimum absolute atomic E-state index is 0.0214. The van der Waals surface area contributed by atoms with Gasteiger partial charge in [-0.3, -0.25) is 9.79 Å². The van der Waals surface area contributed by atoms with Crippen LogP contribution in [0.2, 0.25) is 0 Å². The maximum atomic E-state index is 14.7.